The van der Waals surface area contributed by atoms with E-state index in [1.807, 2.05) is 30.3 Å². The van der Waals surface area contributed by atoms with Crippen molar-refractivity contribution in [2.75, 3.05) is 5.32 Å². The van der Waals surface area contributed by atoms with Gasteiger partial charge in [-0.25, -0.2) is 0 Å². The predicted molar refractivity (Wildman–Crippen MR) is 83.9 cm³/mol. The number of aromatic nitrogens is 1. The van der Waals surface area contributed by atoms with Crippen LogP contribution in [0.4, 0.5) is 5.69 Å². The Hall–Kier alpha value is -2.01. The summed E-state index contributed by atoms with van der Waals surface area (Å²) in [6.07, 6.45) is 2.63. The largest absolute Gasteiger partial charge is 0.355 e. The molecule has 2 aromatic rings. The van der Waals surface area contributed by atoms with Crippen LogP contribution in [0.3, 0.4) is 0 Å². The molecule has 1 aromatic heterocycles. The Kier molecular flexibility index (Phi) is 3.87. The number of hydrazone groups is 1. The number of pyridine rings is 1. The van der Waals surface area contributed by atoms with Gasteiger partial charge in [-0.3, -0.25) is 10.4 Å². The molecule has 0 fully saturated rings. The molecule has 1 aromatic carbocycles. The molecule has 0 spiro atoms. The second-order valence-corrected chi connectivity index (χ2v) is 5.54. The van der Waals surface area contributed by atoms with E-state index in [4.69, 9.17) is 0 Å². The van der Waals surface area contributed by atoms with Gasteiger partial charge < -0.3 is 5.32 Å². The normalized spacial score (nSPS) is 17.4. The van der Waals surface area contributed by atoms with Gasteiger partial charge in [0.05, 0.1) is 17.1 Å². The first-order chi connectivity index (χ1) is 9.86. The second kappa shape index (κ2) is 5.96. The second-order valence-electron chi connectivity index (χ2n) is 4.39. The van der Waals surface area contributed by atoms with Crippen molar-refractivity contribution in [3.05, 3.63) is 54.4 Å². The summed E-state index contributed by atoms with van der Waals surface area (Å²) in [6, 6.07) is 14.1. The summed E-state index contributed by atoms with van der Waals surface area (Å²) in [5.41, 5.74) is 6.28. The van der Waals surface area contributed by atoms with Crippen molar-refractivity contribution in [2.24, 2.45) is 5.10 Å². The minimum atomic E-state index is 0.0673. The van der Waals surface area contributed by atoms with E-state index < -0.39 is 0 Å². The molecular weight excluding hydrogens is 268 g/mol. The van der Waals surface area contributed by atoms with Gasteiger partial charge in [0.15, 0.2) is 5.50 Å². The Bertz CT molecular complexity index is 587. The third-order valence-electron chi connectivity index (χ3n) is 3.03. The van der Waals surface area contributed by atoms with E-state index in [9.17, 15) is 0 Å². The molecule has 1 atom stereocenters. The monoisotopic (exact) mass is 284 g/mol. The maximum Gasteiger partial charge on any atom is 0.165 e. The van der Waals surface area contributed by atoms with Crippen LogP contribution < -0.4 is 10.7 Å². The molecule has 5 heteroatoms. The number of hydrogen-bond donors (Lipinski definition) is 2. The number of thioether (sulfide) groups is 1. The number of nitrogens with zero attached hydrogens (tertiary/aromatic N) is 2. The molecule has 2 N–H and O–H groups in total. The molecular formula is C15H16N4S. The van der Waals surface area contributed by atoms with Crippen molar-refractivity contribution in [3.8, 4) is 0 Å². The van der Waals surface area contributed by atoms with Crippen LogP contribution in [0.1, 0.15) is 19.0 Å². The lowest BCUT2D eigenvalue weighted by Crippen LogP contribution is -2.27. The molecule has 0 amide bonds. The van der Waals surface area contributed by atoms with Gasteiger partial charge >= 0.3 is 0 Å². The van der Waals surface area contributed by atoms with Crippen molar-refractivity contribution >= 4 is 23.2 Å². The highest BCUT2D eigenvalue weighted by atomic mass is 32.2. The quantitative estimate of drug-likeness (QED) is 0.668. The van der Waals surface area contributed by atoms with Crippen LogP contribution in [-0.4, -0.2) is 16.2 Å². The van der Waals surface area contributed by atoms with Gasteiger partial charge in [0, 0.05) is 11.1 Å². The van der Waals surface area contributed by atoms with Gasteiger partial charge in [0.2, 0.25) is 0 Å². The summed E-state index contributed by atoms with van der Waals surface area (Å²) in [7, 11) is 0. The lowest BCUT2D eigenvalue weighted by molar-refractivity contribution is 0.750. The average molecular weight is 284 g/mol. The first-order valence-corrected chi connectivity index (χ1v) is 7.50. The predicted octanol–water partition coefficient (Wildman–Crippen LogP) is 3.29. The fourth-order valence-electron chi connectivity index (χ4n) is 2.03. The Labute approximate surface area is 122 Å². The van der Waals surface area contributed by atoms with Gasteiger partial charge in [-0.2, -0.15) is 5.10 Å². The van der Waals surface area contributed by atoms with Crippen molar-refractivity contribution in [1.82, 2.24) is 10.4 Å². The molecule has 102 valence electrons. The molecule has 1 aliphatic rings. The minimum Gasteiger partial charge on any atom is -0.355 e. The van der Waals surface area contributed by atoms with Crippen molar-refractivity contribution in [1.29, 1.82) is 0 Å². The third kappa shape index (κ3) is 2.77. The molecule has 1 aliphatic heterocycles. The highest BCUT2D eigenvalue weighted by Crippen LogP contribution is 2.36. The molecule has 0 saturated heterocycles. The Balaban J connectivity index is 1.69. The van der Waals surface area contributed by atoms with Crippen LogP contribution in [0, 0.1) is 0 Å². The first-order valence-electron chi connectivity index (χ1n) is 6.62. The zero-order valence-corrected chi connectivity index (χ0v) is 12.0. The third-order valence-corrected chi connectivity index (χ3v) is 4.10. The van der Waals surface area contributed by atoms with Crippen molar-refractivity contribution in [3.63, 3.8) is 0 Å². The van der Waals surface area contributed by atoms with Crippen LogP contribution in [0.15, 0.2) is 58.7 Å². The van der Waals surface area contributed by atoms with Crippen LogP contribution in [0.2, 0.25) is 0 Å². The Morgan fingerprint density at radius 3 is 2.90 bits per heavy atom. The number of para-hydroxylation sites is 1. The molecule has 0 radical (unpaired) electrons. The molecule has 1 unspecified atom stereocenters. The topological polar surface area (TPSA) is 49.3 Å². The van der Waals surface area contributed by atoms with Gasteiger partial charge in [-0.05, 0) is 30.7 Å². The molecule has 3 rings (SSSR count). The number of anilines is 1. The van der Waals surface area contributed by atoms with E-state index in [1.165, 1.54) is 4.90 Å². The molecule has 0 bridgehead atoms. The number of fused-ring (bicyclic) bond motifs is 1. The minimum absolute atomic E-state index is 0.0673. The number of rotatable bonds is 4. The lowest BCUT2D eigenvalue weighted by Gasteiger charge is -2.11. The molecule has 2 heterocycles. The summed E-state index contributed by atoms with van der Waals surface area (Å²) in [5, 5.41) is 7.89. The fraction of sp³-hybridized carbons (Fsp3) is 0.200. The van der Waals surface area contributed by atoms with Gasteiger partial charge in [-0.15, -0.1) is 0 Å². The number of benzene rings is 1. The van der Waals surface area contributed by atoms with Crippen LogP contribution in [-0.2, 0) is 0 Å². The van der Waals surface area contributed by atoms with Crippen molar-refractivity contribution < 1.29 is 0 Å². The Morgan fingerprint density at radius 1 is 1.30 bits per heavy atom. The average Bonchev–Trinajstić information content (AvgIpc) is 2.92. The van der Waals surface area contributed by atoms with Gasteiger partial charge in [-0.1, -0.05) is 36.9 Å². The van der Waals surface area contributed by atoms with Crippen molar-refractivity contribution in [2.45, 2.75) is 23.7 Å². The van der Waals surface area contributed by atoms with E-state index in [-0.39, 0.29) is 5.50 Å². The summed E-state index contributed by atoms with van der Waals surface area (Å²) in [4.78, 5) is 5.58. The van der Waals surface area contributed by atoms with Crippen LogP contribution >= 0.6 is 11.8 Å². The highest BCUT2D eigenvalue weighted by Gasteiger charge is 2.19. The zero-order valence-electron chi connectivity index (χ0n) is 11.2. The van der Waals surface area contributed by atoms with E-state index in [2.05, 4.69) is 39.9 Å². The van der Waals surface area contributed by atoms with E-state index >= 15 is 0 Å². The molecule has 20 heavy (non-hydrogen) atoms. The summed E-state index contributed by atoms with van der Waals surface area (Å²) in [5.74, 6) is 0. The zero-order chi connectivity index (χ0) is 13.8. The summed E-state index contributed by atoms with van der Waals surface area (Å²) >= 11 is 1.73. The standard InChI is InChI=1S/C15H16N4S/c1-2-11(12-7-5-6-10-16-12)18-19-15-17-13-8-3-4-9-14(13)20-15/h3-10,15,17,19H,2H2,1H3/b18-11+. The molecule has 4 nitrogen and oxygen atoms in total. The van der Waals surface area contributed by atoms with E-state index in [0.29, 0.717) is 0 Å². The fourth-order valence-corrected chi connectivity index (χ4v) is 2.99. The van der Waals surface area contributed by atoms with Crippen LogP contribution in [0.5, 0.6) is 0 Å². The van der Waals surface area contributed by atoms with Gasteiger partial charge in [0.1, 0.15) is 0 Å². The maximum absolute atomic E-state index is 4.50. The highest BCUT2D eigenvalue weighted by molar-refractivity contribution is 8.00. The summed E-state index contributed by atoms with van der Waals surface area (Å²) < 4.78 is 0. The molecule has 0 saturated carbocycles. The van der Waals surface area contributed by atoms with Gasteiger partial charge in [0.25, 0.3) is 0 Å². The number of nitrogens with one attached hydrogen (secondary N) is 2. The first kappa shape index (κ1) is 13.0. The number of hydrogen-bond acceptors (Lipinski definition) is 5. The lowest BCUT2D eigenvalue weighted by atomic mass is 10.2. The van der Waals surface area contributed by atoms with Crippen LogP contribution in [0.25, 0.3) is 0 Å². The Morgan fingerprint density at radius 2 is 2.15 bits per heavy atom. The molecule has 0 aliphatic carbocycles. The maximum atomic E-state index is 4.50. The van der Waals surface area contributed by atoms with E-state index in [0.717, 1.165) is 23.5 Å². The smallest absolute Gasteiger partial charge is 0.165 e. The van der Waals surface area contributed by atoms with E-state index in [1.54, 1.807) is 18.0 Å². The SMILES string of the molecule is CC/C(=N\NC1Nc2ccccc2S1)c1ccccn1. The summed E-state index contributed by atoms with van der Waals surface area (Å²) in [6.45, 7) is 2.08.